The molecule has 2 aromatic carbocycles. The van der Waals surface area contributed by atoms with Crippen molar-refractivity contribution in [3.05, 3.63) is 87.2 Å². The zero-order valence-corrected chi connectivity index (χ0v) is 20.3. The maximum Gasteiger partial charge on any atom is 0.434 e. The number of aromatic nitrogens is 2. The van der Waals surface area contributed by atoms with Crippen molar-refractivity contribution in [1.29, 1.82) is 0 Å². The van der Waals surface area contributed by atoms with Gasteiger partial charge in [0.05, 0.1) is 5.41 Å². The van der Waals surface area contributed by atoms with E-state index in [0.717, 1.165) is 12.1 Å². The van der Waals surface area contributed by atoms with E-state index in [2.05, 4.69) is 10.2 Å². The van der Waals surface area contributed by atoms with Crippen LogP contribution < -0.4 is 5.76 Å². The molecule has 0 spiro atoms. The molecule has 0 unspecified atom stereocenters. The van der Waals surface area contributed by atoms with E-state index in [1.165, 1.54) is 4.31 Å². The Bertz CT molecular complexity index is 1400. The molecule has 1 saturated heterocycles. The van der Waals surface area contributed by atoms with E-state index in [9.17, 15) is 13.2 Å². The molecule has 2 atom stereocenters. The number of nitrogens with zero attached hydrogens (tertiary/aromatic N) is 2. The summed E-state index contributed by atoms with van der Waals surface area (Å²) in [5.74, 6) is -1.89. The van der Waals surface area contributed by atoms with Crippen LogP contribution in [0.5, 0.6) is 0 Å². The summed E-state index contributed by atoms with van der Waals surface area (Å²) in [6.45, 7) is 3.49. The van der Waals surface area contributed by atoms with Gasteiger partial charge in [0.2, 0.25) is 15.9 Å². The van der Waals surface area contributed by atoms with Crippen molar-refractivity contribution in [3.63, 3.8) is 0 Å². The van der Waals surface area contributed by atoms with Gasteiger partial charge in [-0.1, -0.05) is 37.3 Å². The first-order chi connectivity index (χ1) is 16.6. The third-order valence-corrected chi connectivity index (χ3v) is 9.78. The quantitative estimate of drug-likeness (QED) is 0.556. The fraction of sp³-hybridized carbons (Fsp3) is 0.440. The van der Waals surface area contributed by atoms with Gasteiger partial charge in [0.25, 0.3) is 0 Å². The van der Waals surface area contributed by atoms with Crippen molar-refractivity contribution in [2.45, 2.75) is 62.8 Å². The minimum absolute atomic E-state index is 0.0320. The topological polar surface area (TPSA) is 96.3 Å². The van der Waals surface area contributed by atoms with Gasteiger partial charge in [0, 0.05) is 23.7 Å². The van der Waals surface area contributed by atoms with Crippen LogP contribution in [-0.4, -0.2) is 29.0 Å². The second-order valence-electron chi connectivity index (χ2n) is 9.85. The molecule has 1 aromatic heterocycles. The molecule has 1 aliphatic heterocycles. The highest BCUT2D eigenvalue weighted by molar-refractivity contribution is 7.89. The number of hydrogen-bond donors (Lipinski definition) is 1. The first-order valence-corrected chi connectivity index (χ1v) is 13.2. The first-order valence-electron chi connectivity index (χ1n) is 11.7. The number of benzene rings is 2. The Morgan fingerprint density at radius 1 is 1.11 bits per heavy atom. The predicted molar refractivity (Wildman–Crippen MR) is 125 cm³/mol. The van der Waals surface area contributed by atoms with Crippen LogP contribution in [0.1, 0.15) is 67.4 Å². The molecule has 1 saturated carbocycles. The van der Waals surface area contributed by atoms with Crippen LogP contribution in [0.2, 0.25) is 0 Å². The molecule has 0 amide bonds. The van der Waals surface area contributed by atoms with E-state index in [0.29, 0.717) is 31.2 Å². The molecule has 5 rings (SSSR count). The minimum atomic E-state index is -3.79. The van der Waals surface area contributed by atoms with Crippen molar-refractivity contribution < 1.29 is 21.6 Å². The Balaban J connectivity index is 1.48. The maximum atomic E-state index is 15.5. The smallest absolute Gasteiger partial charge is 0.392 e. The molecule has 7 nitrogen and oxygen atoms in total. The second-order valence-corrected chi connectivity index (χ2v) is 11.9. The van der Waals surface area contributed by atoms with Crippen LogP contribution in [0.3, 0.4) is 0 Å². The number of hydrogen-bond acceptors (Lipinski definition) is 5. The van der Waals surface area contributed by atoms with Crippen molar-refractivity contribution in [1.82, 2.24) is 14.5 Å². The molecule has 1 N–H and O–H groups in total. The average Bonchev–Trinajstić information content (AvgIpc) is 3.23. The average molecular weight is 504 g/mol. The van der Waals surface area contributed by atoms with Gasteiger partial charge >= 0.3 is 5.76 Å². The summed E-state index contributed by atoms with van der Waals surface area (Å²) in [4.78, 5) is 11.5. The molecule has 35 heavy (non-hydrogen) atoms. The Kier molecular flexibility index (Phi) is 5.91. The molecule has 3 aromatic rings. The lowest BCUT2D eigenvalue weighted by Crippen LogP contribution is -2.45. The Morgan fingerprint density at radius 2 is 1.83 bits per heavy atom. The van der Waals surface area contributed by atoms with E-state index < -0.39 is 38.1 Å². The summed E-state index contributed by atoms with van der Waals surface area (Å²) < 4.78 is 64.2. The molecule has 2 aliphatic rings. The van der Waals surface area contributed by atoms with Gasteiger partial charge in [-0.3, -0.25) is 0 Å². The number of rotatable bonds is 5. The number of nitrogens with one attached hydrogen (secondary N) is 1. The van der Waals surface area contributed by atoms with Gasteiger partial charge in [0.15, 0.2) is 0 Å². The monoisotopic (exact) mass is 503 g/mol. The largest absolute Gasteiger partial charge is 0.434 e. The molecule has 1 aliphatic carbocycles. The van der Waals surface area contributed by atoms with Crippen LogP contribution in [0.25, 0.3) is 0 Å². The molecule has 186 valence electrons. The Labute approximate surface area is 202 Å². The fourth-order valence-electron chi connectivity index (χ4n) is 5.67. The van der Waals surface area contributed by atoms with Crippen LogP contribution in [0, 0.1) is 17.6 Å². The van der Waals surface area contributed by atoms with Crippen molar-refractivity contribution in [2.75, 3.05) is 0 Å². The van der Waals surface area contributed by atoms with E-state index in [1.807, 2.05) is 13.0 Å². The highest BCUT2D eigenvalue weighted by Crippen LogP contribution is 2.52. The highest BCUT2D eigenvalue weighted by atomic mass is 32.2. The lowest BCUT2D eigenvalue weighted by molar-refractivity contribution is 0.155. The number of sulfonamides is 1. The zero-order valence-electron chi connectivity index (χ0n) is 19.5. The van der Waals surface area contributed by atoms with Gasteiger partial charge in [-0.2, -0.15) is 4.31 Å². The van der Waals surface area contributed by atoms with Gasteiger partial charge in [0.1, 0.15) is 16.9 Å². The van der Waals surface area contributed by atoms with Gasteiger partial charge in [-0.25, -0.2) is 27.1 Å². The van der Waals surface area contributed by atoms with Gasteiger partial charge in [-0.15, -0.1) is 5.10 Å². The minimum Gasteiger partial charge on any atom is -0.392 e. The zero-order chi connectivity index (χ0) is 25.0. The summed E-state index contributed by atoms with van der Waals surface area (Å²) in [6, 6.07) is 10.8. The molecule has 2 heterocycles. The SMILES string of the molecule is C[C@H]1CC[C@H](c2ccccc2)S(=O)(=O)N1Cc1cc(F)c([C@]2(c3n[nH]c(=O)o3)C[C@@H](C)C2)cc1F. The standard InChI is InChI=1S/C25H27F2N3O4S/c1-15-12-25(13-15,23-28-29-24(31)34-23)19-11-20(26)18(10-21(19)27)14-30-16(2)8-9-22(35(30,32)33)17-6-4-3-5-7-17/h3-7,10-11,15-16,22H,8-9,12-14H2,1-2H3,(H,29,31)/t15-,16-,22+,25+/m0/s1. The van der Waals surface area contributed by atoms with E-state index in [1.54, 1.807) is 31.2 Å². The third kappa shape index (κ3) is 4.02. The van der Waals surface area contributed by atoms with Crippen LogP contribution in [0.15, 0.2) is 51.7 Å². The van der Waals surface area contributed by atoms with E-state index in [-0.39, 0.29) is 35.5 Å². The van der Waals surface area contributed by atoms with Gasteiger partial charge < -0.3 is 4.42 Å². The molecule has 0 radical (unpaired) electrons. The third-order valence-electron chi connectivity index (χ3n) is 7.42. The van der Waals surface area contributed by atoms with Crippen molar-refractivity contribution in [3.8, 4) is 0 Å². The predicted octanol–water partition coefficient (Wildman–Crippen LogP) is 4.41. The Morgan fingerprint density at radius 3 is 2.46 bits per heavy atom. The van der Waals surface area contributed by atoms with Crippen LogP contribution in [-0.2, 0) is 22.0 Å². The summed E-state index contributed by atoms with van der Waals surface area (Å²) in [7, 11) is -3.79. The van der Waals surface area contributed by atoms with Crippen molar-refractivity contribution in [2.24, 2.45) is 5.92 Å². The molecule has 0 bridgehead atoms. The lowest BCUT2D eigenvalue weighted by Gasteiger charge is -2.44. The molecular weight excluding hydrogens is 476 g/mol. The van der Waals surface area contributed by atoms with E-state index >= 15 is 8.78 Å². The van der Waals surface area contributed by atoms with Gasteiger partial charge in [-0.05, 0) is 56.2 Å². The number of H-pyrrole nitrogens is 1. The second kappa shape index (κ2) is 8.67. The number of aromatic amines is 1. The van der Waals surface area contributed by atoms with Crippen LogP contribution >= 0.6 is 0 Å². The normalized spacial score (nSPS) is 28.5. The summed E-state index contributed by atoms with van der Waals surface area (Å²) in [5.41, 5.74) is -0.330. The Hall–Kier alpha value is -2.85. The maximum absolute atomic E-state index is 15.5. The highest BCUT2D eigenvalue weighted by Gasteiger charge is 2.51. The number of halogens is 2. The molecular formula is C25H27F2N3O4S. The van der Waals surface area contributed by atoms with Crippen LogP contribution in [0.4, 0.5) is 8.78 Å². The molecule has 2 fully saturated rings. The summed E-state index contributed by atoms with van der Waals surface area (Å²) in [5, 5.41) is 5.36. The van der Waals surface area contributed by atoms with Crippen molar-refractivity contribution >= 4 is 10.0 Å². The van der Waals surface area contributed by atoms with E-state index in [4.69, 9.17) is 4.42 Å². The lowest BCUT2D eigenvalue weighted by atomic mass is 9.59. The summed E-state index contributed by atoms with van der Waals surface area (Å²) in [6.07, 6.45) is 1.98. The summed E-state index contributed by atoms with van der Waals surface area (Å²) >= 11 is 0. The molecule has 10 heteroatoms. The first kappa shape index (κ1) is 23.9. The fourth-order valence-corrected chi connectivity index (χ4v) is 7.86.